The van der Waals surface area contributed by atoms with Gasteiger partial charge in [-0.3, -0.25) is 5.10 Å². The van der Waals surface area contributed by atoms with Crippen molar-refractivity contribution in [1.29, 1.82) is 0 Å². The van der Waals surface area contributed by atoms with Gasteiger partial charge in [0.05, 0.1) is 17.5 Å². The summed E-state index contributed by atoms with van der Waals surface area (Å²) in [6, 6.07) is 5.45. The lowest BCUT2D eigenvalue weighted by Crippen LogP contribution is -2.06. The monoisotopic (exact) mass is 319 g/mol. The number of hydrogen-bond donors (Lipinski definition) is 2. The first-order valence-electron chi connectivity index (χ1n) is 6.70. The molecule has 118 valence electrons. The highest BCUT2D eigenvalue weighted by molar-refractivity contribution is 5.63. The van der Waals surface area contributed by atoms with Crippen LogP contribution in [0.25, 0.3) is 11.3 Å². The first-order chi connectivity index (χ1) is 10.9. The molecule has 23 heavy (non-hydrogen) atoms. The number of nitrogens with one attached hydrogen (secondary N) is 2. The average molecular weight is 319 g/mol. The van der Waals surface area contributed by atoms with Gasteiger partial charge < -0.3 is 5.32 Å². The zero-order chi connectivity index (χ0) is 16.4. The van der Waals surface area contributed by atoms with E-state index in [1.54, 1.807) is 18.5 Å². The highest BCUT2D eigenvalue weighted by Crippen LogP contribution is 2.30. The minimum absolute atomic E-state index is 0.0797. The highest BCUT2D eigenvalue weighted by atomic mass is 19.4. The summed E-state index contributed by atoms with van der Waals surface area (Å²) in [5.41, 5.74) is 1.59. The third-order valence-electron chi connectivity index (χ3n) is 3.11. The number of rotatable bonds is 3. The minimum Gasteiger partial charge on any atom is -0.325 e. The van der Waals surface area contributed by atoms with Crippen LogP contribution in [0.3, 0.4) is 0 Å². The molecule has 0 aliphatic carbocycles. The molecule has 0 fully saturated rings. The van der Waals surface area contributed by atoms with E-state index in [0.29, 0.717) is 11.5 Å². The van der Waals surface area contributed by atoms with Crippen LogP contribution in [0, 0.1) is 6.92 Å². The zero-order valence-corrected chi connectivity index (χ0v) is 12.0. The third kappa shape index (κ3) is 3.47. The second-order valence-electron chi connectivity index (χ2n) is 4.95. The number of aromatic nitrogens is 4. The lowest BCUT2D eigenvalue weighted by Gasteiger charge is -2.10. The van der Waals surface area contributed by atoms with Crippen LogP contribution < -0.4 is 5.32 Å². The second-order valence-corrected chi connectivity index (χ2v) is 4.95. The molecule has 0 amide bonds. The van der Waals surface area contributed by atoms with E-state index in [2.05, 4.69) is 25.5 Å². The van der Waals surface area contributed by atoms with E-state index < -0.39 is 11.7 Å². The van der Waals surface area contributed by atoms with Gasteiger partial charge in [-0.05, 0) is 36.8 Å². The molecule has 0 spiro atoms. The maximum atomic E-state index is 12.7. The van der Waals surface area contributed by atoms with Crippen LogP contribution in [0.2, 0.25) is 0 Å². The first-order valence-corrected chi connectivity index (χ1v) is 6.70. The number of halogens is 3. The van der Waals surface area contributed by atoms with Gasteiger partial charge in [0.2, 0.25) is 0 Å². The lowest BCUT2D eigenvalue weighted by atomic mass is 10.2. The van der Waals surface area contributed by atoms with Gasteiger partial charge >= 0.3 is 6.18 Å². The summed E-state index contributed by atoms with van der Waals surface area (Å²) >= 11 is 0. The van der Waals surface area contributed by atoms with Crippen LogP contribution in [0.1, 0.15) is 11.1 Å². The normalized spacial score (nSPS) is 11.5. The molecule has 0 aromatic carbocycles. The molecule has 0 aliphatic rings. The Labute approximate surface area is 129 Å². The van der Waals surface area contributed by atoms with E-state index in [4.69, 9.17) is 0 Å². The fourth-order valence-electron chi connectivity index (χ4n) is 2.08. The molecule has 5 nitrogen and oxygen atoms in total. The van der Waals surface area contributed by atoms with Crippen molar-refractivity contribution in [3.05, 3.63) is 54.0 Å². The first kappa shape index (κ1) is 15.0. The molecule has 3 heterocycles. The number of aryl methyl sites for hydroxylation is 1. The molecule has 0 saturated heterocycles. The minimum atomic E-state index is -4.42. The van der Waals surface area contributed by atoms with E-state index >= 15 is 0 Å². The molecule has 3 rings (SSSR count). The zero-order valence-electron chi connectivity index (χ0n) is 12.0. The van der Waals surface area contributed by atoms with E-state index in [1.807, 2.05) is 13.0 Å². The van der Waals surface area contributed by atoms with Crippen molar-refractivity contribution in [2.75, 3.05) is 5.32 Å². The summed E-state index contributed by atoms with van der Waals surface area (Å²) in [4.78, 5) is 8.27. The van der Waals surface area contributed by atoms with Gasteiger partial charge in [-0.2, -0.15) is 18.3 Å². The van der Waals surface area contributed by atoms with Crippen molar-refractivity contribution < 1.29 is 13.2 Å². The number of hydrogen-bond acceptors (Lipinski definition) is 4. The Bertz CT molecular complexity index is 812. The average Bonchev–Trinajstić information content (AvgIpc) is 3.00. The van der Waals surface area contributed by atoms with E-state index in [0.717, 1.165) is 29.5 Å². The second kappa shape index (κ2) is 5.71. The van der Waals surface area contributed by atoms with Crippen molar-refractivity contribution in [1.82, 2.24) is 20.2 Å². The molecule has 0 atom stereocenters. The third-order valence-corrected chi connectivity index (χ3v) is 3.11. The standard InChI is InChI=1S/C15H12F3N5/c1-9-4-12(10-7-20-21-8-10)22-14(5-9)23-13-6-11(2-3-19-13)15(16,17)18/h2-8H,1H3,(H,20,21)(H,19,22,23). The van der Waals surface area contributed by atoms with Crippen LogP contribution in [-0.4, -0.2) is 20.2 Å². The summed E-state index contributed by atoms with van der Waals surface area (Å²) < 4.78 is 38.2. The van der Waals surface area contributed by atoms with Crippen molar-refractivity contribution in [2.24, 2.45) is 0 Å². The molecule has 0 saturated carbocycles. The number of aromatic amines is 1. The molecule has 0 radical (unpaired) electrons. The topological polar surface area (TPSA) is 66.5 Å². The van der Waals surface area contributed by atoms with Crippen molar-refractivity contribution in [2.45, 2.75) is 13.1 Å². The molecule has 2 N–H and O–H groups in total. The van der Waals surface area contributed by atoms with Gasteiger partial charge in [-0.1, -0.05) is 0 Å². The Hall–Kier alpha value is -2.90. The van der Waals surface area contributed by atoms with Crippen molar-refractivity contribution in [3.8, 4) is 11.3 Å². The van der Waals surface area contributed by atoms with E-state index in [-0.39, 0.29) is 5.82 Å². The SMILES string of the molecule is Cc1cc(Nc2cc(C(F)(F)F)ccn2)nc(-c2cn[nH]c2)c1. The van der Waals surface area contributed by atoms with Crippen LogP contribution in [0.15, 0.2) is 42.9 Å². The number of H-pyrrole nitrogens is 1. The number of pyridine rings is 2. The maximum Gasteiger partial charge on any atom is 0.416 e. The van der Waals surface area contributed by atoms with E-state index in [9.17, 15) is 13.2 Å². The molecule has 0 unspecified atom stereocenters. The van der Waals surface area contributed by atoms with Gasteiger partial charge in [0, 0.05) is 18.0 Å². The molecular weight excluding hydrogens is 307 g/mol. The largest absolute Gasteiger partial charge is 0.416 e. The van der Waals surface area contributed by atoms with Crippen LogP contribution >= 0.6 is 0 Å². The summed E-state index contributed by atoms with van der Waals surface area (Å²) in [6.07, 6.45) is 0.00144. The Kier molecular flexibility index (Phi) is 3.73. The number of anilines is 2. The van der Waals surface area contributed by atoms with Gasteiger partial charge in [0.15, 0.2) is 0 Å². The van der Waals surface area contributed by atoms with Crippen molar-refractivity contribution in [3.63, 3.8) is 0 Å². The Morgan fingerprint density at radius 3 is 2.65 bits per heavy atom. The molecule has 3 aromatic heterocycles. The quantitative estimate of drug-likeness (QED) is 0.767. The Morgan fingerprint density at radius 1 is 1.13 bits per heavy atom. The summed E-state index contributed by atoms with van der Waals surface area (Å²) in [7, 11) is 0. The smallest absolute Gasteiger partial charge is 0.325 e. The molecule has 3 aromatic rings. The summed E-state index contributed by atoms with van der Waals surface area (Å²) in [5.74, 6) is 0.490. The fraction of sp³-hybridized carbons (Fsp3) is 0.133. The van der Waals surface area contributed by atoms with Crippen LogP contribution in [0.5, 0.6) is 0 Å². The van der Waals surface area contributed by atoms with E-state index in [1.165, 1.54) is 0 Å². The molecule has 8 heteroatoms. The van der Waals surface area contributed by atoms with Crippen LogP contribution in [0.4, 0.5) is 24.8 Å². The van der Waals surface area contributed by atoms with Gasteiger partial charge in [0.1, 0.15) is 11.6 Å². The summed E-state index contributed by atoms with van der Waals surface area (Å²) in [5, 5.41) is 9.36. The van der Waals surface area contributed by atoms with Gasteiger partial charge in [-0.25, -0.2) is 9.97 Å². The number of alkyl halides is 3. The highest BCUT2D eigenvalue weighted by Gasteiger charge is 2.30. The lowest BCUT2D eigenvalue weighted by molar-refractivity contribution is -0.137. The number of nitrogens with zero attached hydrogens (tertiary/aromatic N) is 3. The molecule has 0 bridgehead atoms. The molecule has 0 aliphatic heterocycles. The predicted octanol–water partition coefficient (Wildman–Crippen LogP) is 3.94. The predicted molar refractivity (Wildman–Crippen MR) is 79.1 cm³/mol. The Morgan fingerprint density at radius 2 is 1.96 bits per heavy atom. The summed E-state index contributed by atoms with van der Waals surface area (Å²) in [6.45, 7) is 1.87. The van der Waals surface area contributed by atoms with Crippen LogP contribution in [-0.2, 0) is 6.18 Å². The van der Waals surface area contributed by atoms with Crippen molar-refractivity contribution >= 4 is 11.6 Å². The van der Waals surface area contributed by atoms with Gasteiger partial charge in [-0.15, -0.1) is 0 Å². The van der Waals surface area contributed by atoms with Gasteiger partial charge in [0.25, 0.3) is 0 Å². The Balaban J connectivity index is 1.92. The molecular formula is C15H12F3N5. The maximum absolute atomic E-state index is 12.7. The fourth-order valence-corrected chi connectivity index (χ4v) is 2.08.